The highest BCUT2D eigenvalue weighted by Gasteiger charge is 2.10. The van der Waals surface area contributed by atoms with Gasteiger partial charge in [0.05, 0.1) is 12.4 Å². The smallest absolute Gasteiger partial charge is 0.214 e. The zero-order chi connectivity index (χ0) is 14.1. The summed E-state index contributed by atoms with van der Waals surface area (Å²) in [6, 6.07) is 1.80. The molecular weight excluding hydrogens is 286 g/mol. The standard InChI is InChI=1S/C12H17NO4S2/c1-2-17-6-7-19(15,16)13-9-12-8-11(10-18-12)4-3-5-14/h8,10,13-14H,2,5-7,9H2,1H3. The maximum absolute atomic E-state index is 11.6. The molecule has 1 rings (SSSR count). The lowest BCUT2D eigenvalue weighted by Gasteiger charge is -2.05. The number of ether oxygens (including phenoxy) is 1. The average molecular weight is 303 g/mol. The summed E-state index contributed by atoms with van der Waals surface area (Å²) in [6.07, 6.45) is 0. The molecule has 19 heavy (non-hydrogen) atoms. The molecule has 0 fully saturated rings. The van der Waals surface area contributed by atoms with Gasteiger partial charge < -0.3 is 9.84 Å². The molecule has 0 radical (unpaired) electrons. The Labute approximate surface area is 117 Å². The normalized spacial score (nSPS) is 11.1. The van der Waals surface area contributed by atoms with E-state index in [-0.39, 0.29) is 25.5 Å². The molecule has 0 aliphatic rings. The van der Waals surface area contributed by atoms with Gasteiger partial charge in [-0.3, -0.25) is 0 Å². The van der Waals surface area contributed by atoms with Crippen LogP contribution in [0.25, 0.3) is 0 Å². The number of thiophene rings is 1. The third-order valence-corrected chi connectivity index (χ3v) is 4.36. The van der Waals surface area contributed by atoms with Crippen molar-refractivity contribution < 1.29 is 18.3 Å². The molecule has 0 aromatic carbocycles. The summed E-state index contributed by atoms with van der Waals surface area (Å²) in [7, 11) is -3.30. The van der Waals surface area contributed by atoms with Crippen LogP contribution in [0.4, 0.5) is 0 Å². The average Bonchev–Trinajstić information content (AvgIpc) is 2.82. The van der Waals surface area contributed by atoms with Gasteiger partial charge in [0.25, 0.3) is 0 Å². The van der Waals surface area contributed by atoms with Crippen molar-refractivity contribution in [1.29, 1.82) is 0 Å². The van der Waals surface area contributed by atoms with Gasteiger partial charge in [0.15, 0.2) is 0 Å². The summed E-state index contributed by atoms with van der Waals surface area (Å²) >= 11 is 1.43. The van der Waals surface area contributed by atoms with E-state index in [1.165, 1.54) is 11.3 Å². The van der Waals surface area contributed by atoms with Crippen molar-refractivity contribution in [3.63, 3.8) is 0 Å². The number of hydrogen-bond acceptors (Lipinski definition) is 5. The molecule has 0 saturated carbocycles. The van der Waals surface area contributed by atoms with E-state index in [9.17, 15) is 8.42 Å². The Bertz CT molecular complexity index is 540. The summed E-state index contributed by atoms with van der Waals surface area (Å²) in [5.41, 5.74) is 0.780. The Kier molecular flexibility index (Phi) is 7.05. The molecule has 0 unspecified atom stereocenters. The fourth-order valence-corrected chi connectivity index (χ4v) is 2.95. The van der Waals surface area contributed by atoms with Crippen molar-refractivity contribution in [1.82, 2.24) is 4.72 Å². The Morgan fingerprint density at radius 2 is 2.32 bits per heavy atom. The maximum Gasteiger partial charge on any atom is 0.214 e. The first kappa shape index (κ1) is 16.1. The Morgan fingerprint density at radius 1 is 1.53 bits per heavy atom. The molecule has 0 bridgehead atoms. The molecule has 106 valence electrons. The van der Waals surface area contributed by atoms with Crippen molar-refractivity contribution in [2.75, 3.05) is 25.6 Å². The zero-order valence-electron chi connectivity index (χ0n) is 10.7. The molecule has 0 aliphatic heterocycles. The summed E-state index contributed by atoms with van der Waals surface area (Å²) in [6.45, 7) is 2.59. The molecule has 0 atom stereocenters. The van der Waals surface area contributed by atoms with Gasteiger partial charge in [-0.2, -0.15) is 0 Å². The maximum atomic E-state index is 11.6. The molecule has 5 nitrogen and oxygen atoms in total. The van der Waals surface area contributed by atoms with Crippen molar-refractivity contribution in [2.45, 2.75) is 13.5 Å². The third-order valence-electron chi connectivity index (χ3n) is 2.13. The van der Waals surface area contributed by atoms with E-state index >= 15 is 0 Å². The summed E-state index contributed by atoms with van der Waals surface area (Å²) in [4.78, 5) is 0.877. The monoisotopic (exact) mass is 303 g/mol. The molecule has 1 aromatic heterocycles. The van der Waals surface area contributed by atoms with Crippen LogP contribution in [-0.2, 0) is 21.3 Å². The van der Waals surface area contributed by atoms with E-state index in [0.717, 1.165) is 10.4 Å². The van der Waals surface area contributed by atoms with Gasteiger partial charge in [-0.05, 0) is 13.0 Å². The number of aliphatic hydroxyl groups is 1. The molecule has 0 spiro atoms. The Morgan fingerprint density at radius 3 is 3.00 bits per heavy atom. The van der Waals surface area contributed by atoms with Crippen molar-refractivity contribution in [2.24, 2.45) is 0 Å². The van der Waals surface area contributed by atoms with Crippen LogP contribution in [0.3, 0.4) is 0 Å². The quantitative estimate of drug-likeness (QED) is 0.570. The minimum absolute atomic E-state index is 0.0383. The summed E-state index contributed by atoms with van der Waals surface area (Å²) < 4.78 is 30.7. The van der Waals surface area contributed by atoms with Gasteiger partial charge in [-0.15, -0.1) is 11.3 Å². The number of aliphatic hydroxyl groups excluding tert-OH is 1. The SMILES string of the molecule is CCOCCS(=O)(=O)NCc1cc(C#CCO)cs1. The number of nitrogens with one attached hydrogen (secondary N) is 1. The summed E-state index contributed by atoms with van der Waals surface area (Å²) in [5, 5.41) is 10.4. The molecular formula is C12H17NO4S2. The van der Waals surface area contributed by atoms with E-state index in [2.05, 4.69) is 16.6 Å². The van der Waals surface area contributed by atoms with Gasteiger partial charge in [0, 0.05) is 29.0 Å². The van der Waals surface area contributed by atoms with Crippen LogP contribution in [0.2, 0.25) is 0 Å². The first-order valence-electron chi connectivity index (χ1n) is 5.79. The number of sulfonamides is 1. The number of hydrogen-bond donors (Lipinski definition) is 2. The predicted octanol–water partition coefficient (Wildman–Crippen LogP) is 0.548. The highest BCUT2D eigenvalue weighted by molar-refractivity contribution is 7.89. The highest BCUT2D eigenvalue weighted by atomic mass is 32.2. The lowest BCUT2D eigenvalue weighted by molar-refractivity contribution is 0.163. The number of rotatable bonds is 7. The van der Waals surface area contributed by atoms with Crippen LogP contribution in [-0.4, -0.2) is 39.1 Å². The molecule has 1 heterocycles. The second-order valence-corrected chi connectivity index (χ2v) is 6.52. The fraction of sp³-hybridized carbons (Fsp3) is 0.500. The van der Waals surface area contributed by atoms with E-state index in [1.54, 1.807) is 6.07 Å². The van der Waals surface area contributed by atoms with Crippen molar-refractivity contribution in [3.8, 4) is 11.8 Å². The fourth-order valence-electron chi connectivity index (χ4n) is 1.25. The lowest BCUT2D eigenvalue weighted by Crippen LogP contribution is -2.27. The van der Waals surface area contributed by atoms with Crippen molar-refractivity contribution in [3.05, 3.63) is 21.9 Å². The molecule has 7 heteroatoms. The summed E-state index contributed by atoms with van der Waals surface area (Å²) in [5.74, 6) is 5.27. The van der Waals surface area contributed by atoms with E-state index in [1.807, 2.05) is 12.3 Å². The molecule has 0 amide bonds. The lowest BCUT2D eigenvalue weighted by atomic mass is 10.3. The minimum atomic E-state index is -3.30. The van der Waals surface area contributed by atoms with Crippen LogP contribution in [0.1, 0.15) is 17.4 Å². The van der Waals surface area contributed by atoms with Crippen LogP contribution >= 0.6 is 11.3 Å². The second-order valence-electron chi connectivity index (χ2n) is 3.60. The largest absolute Gasteiger partial charge is 0.384 e. The van der Waals surface area contributed by atoms with Gasteiger partial charge in [0.1, 0.15) is 6.61 Å². The third kappa shape index (κ3) is 6.71. The van der Waals surface area contributed by atoms with Gasteiger partial charge in [0.2, 0.25) is 10.0 Å². The Balaban J connectivity index is 2.45. The van der Waals surface area contributed by atoms with E-state index in [4.69, 9.17) is 9.84 Å². The first-order chi connectivity index (χ1) is 9.07. The van der Waals surface area contributed by atoms with Gasteiger partial charge in [-0.1, -0.05) is 11.8 Å². The first-order valence-corrected chi connectivity index (χ1v) is 8.33. The second kappa shape index (κ2) is 8.30. The van der Waals surface area contributed by atoms with E-state index in [0.29, 0.717) is 6.61 Å². The van der Waals surface area contributed by atoms with E-state index < -0.39 is 10.0 Å². The van der Waals surface area contributed by atoms with Crippen LogP contribution in [0, 0.1) is 11.8 Å². The topological polar surface area (TPSA) is 75.6 Å². The molecule has 0 aliphatic carbocycles. The van der Waals surface area contributed by atoms with Crippen molar-refractivity contribution >= 4 is 21.4 Å². The minimum Gasteiger partial charge on any atom is -0.384 e. The van der Waals surface area contributed by atoms with Crippen LogP contribution < -0.4 is 4.72 Å². The zero-order valence-corrected chi connectivity index (χ0v) is 12.3. The highest BCUT2D eigenvalue weighted by Crippen LogP contribution is 2.13. The molecule has 2 N–H and O–H groups in total. The van der Waals surface area contributed by atoms with Gasteiger partial charge in [-0.25, -0.2) is 13.1 Å². The predicted molar refractivity (Wildman–Crippen MR) is 75.4 cm³/mol. The van der Waals surface area contributed by atoms with Crippen LogP contribution in [0.15, 0.2) is 11.4 Å². The van der Waals surface area contributed by atoms with Gasteiger partial charge >= 0.3 is 0 Å². The Hall–Kier alpha value is -0.910. The van der Waals surface area contributed by atoms with Crippen LogP contribution in [0.5, 0.6) is 0 Å². The molecule has 0 saturated heterocycles. The molecule has 1 aromatic rings.